The van der Waals surface area contributed by atoms with Crippen LogP contribution in [0, 0.1) is 11.2 Å². The van der Waals surface area contributed by atoms with E-state index in [-0.39, 0.29) is 5.82 Å². The number of hydrogen-bond donors (Lipinski definition) is 1. The van der Waals surface area contributed by atoms with Crippen LogP contribution in [0.1, 0.15) is 30.4 Å². The van der Waals surface area contributed by atoms with Crippen molar-refractivity contribution in [1.29, 1.82) is 5.41 Å². The summed E-state index contributed by atoms with van der Waals surface area (Å²) in [7, 11) is 0. The van der Waals surface area contributed by atoms with Gasteiger partial charge in [0, 0.05) is 23.4 Å². The van der Waals surface area contributed by atoms with Crippen molar-refractivity contribution in [3.63, 3.8) is 0 Å². The minimum Gasteiger partial charge on any atom is -0.348 e. The third-order valence-corrected chi connectivity index (χ3v) is 5.23. The van der Waals surface area contributed by atoms with Gasteiger partial charge in [-0.15, -0.1) is 0 Å². The fourth-order valence-corrected chi connectivity index (χ4v) is 4.14. The van der Waals surface area contributed by atoms with Gasteiger partial charge in [0.25, 0.3) is 0 Å². The number of halogens is 1. The molecule has 1 aromatic rings. The van der Waals surface area contributed by atoms with Gasteiger partial charge in [0.2, 0.25) is 0 Å². The van der Waals surface area contributed by atoms with Gasteiger partial charge in [0.1, 0.15) is 11.7 Å². The van der Waals surface area contributed by atoms with Crippen molar-refractivity contribution in [3.8, 4) is 0 Å². The molecule has 0 amide bonds. The van der Waals surface area contributed by atoms with Gasteiger partial charge in [-0.2, -0.15) is 11.8 Å². The van der Waals surface area contributed by atoms with E-state index in [1.807, 2.05) is 17.8 Å². The molecular weight excluding hydrogens is 247 g/mol. The number of amidine groups is 1. The van der Waals surface area contributed by atoms with Gasteiger partial charge in [-0.1, -0.05) is 12.5 Å². The fourth-order valence-electron chi connectivity index (χ4n) is 3.15. The van der Waals surface area contributed by atoms with Crippen LogP contribution in [0.3, 0.4) is 0 Å². The molecule has 1 N–H and O–H groups in total. The third kappa shape index (κ3) is 1.83. The highest BCUT2D eigenvalue weighted by Gasteiger charge is 2.37. The molecule has 0 radical (unpaired) electrons. The van der Waals surface area contributed by atoms with Crippen molar-refractivity contribution in [2.24, 2.45) is 0 Å². The lowest BCUT2D eigenvalue weighted by molar-refractivity contribution is 0.324. The highest BCUT2D eigenvalue weighted by Crippen LogP contribution is 2.36. The maximum absolute atomic E-state index is 13.3. The summed E-state index contributed by atoms with van der Waals surface area (Å²) in [6.07, 6.45) is 5.78. The summed E-state index contributed by atoms with van der Waals surface area (Å²) in [5, 5.41) is 8.88. The normalized spacial score (nSPS) is 26.8. The minimum atomic E-state index is -0.242. The van der Waals surface area contributed by atoms with Crippen molar-refractivity contribution in [3.05, 3.63) is 35.1 Å². The van der Waals surface area contributed by atoms with Crippen molar-refractivity contribution < 1.29 is 4.39 Å². The van der Waals surface area contributed by atoms with Crippen LogP contribution in [0.4, 0.5) is 4.39 Å². The molecule has 1 fully saturated rings. The zero-order valence-corrected chi connectivity index (χ0v) is 11.3. The van der Waals surface area contributed by atoms with E-state index in [0.717, 1.165) is 24.1 Å². The Labute approximate surface area is 111 Å². The molecule has 18 heavy (non-hydrogen) atoms. The average molecular weight is 264 g/mol. The molecule has 1 aliphatic heterocycles. The van der Waals surface area contributed by atoms with E-state index in [4.69, 9.17) is 5.41 Å². The molecule has 0 aromatic heterocycles. The number of fused-ring (bicyclic) bond motifs is 1. The molecule has 1 aromatic carbocycles. The second-order valence-corrected chi connectivity index (χ2v) is 6.13. The molecule has 1 saturated carbocycles. The van der Waals surface area contributed by atoms with E-state index in [1.165, 1.54) is 25.0 Å². The minimum absolute atomic E-state index is 0.242. The van der Waals surface area contributed by atoms with E-state index in [0.29, 0.717) is 17.1 Å². The molecular formula is C14H17FN2S. The summed E-state index contributed by atoms with van der Waals surface area (Å²) in [6, 6.07) is 5.27. The standard InChI is InChI=1S/C14H17FN2S/c1-18-13-4-2-3-12(13)17-8-9-5-6-10(15)7-11(9)14(17)16/h5-7,12-13,16H,2-4,8H2,1H3. The summed E-state index contributed by atoms with van der Waals surface area (Å²) in [4.78, 5) is 2.16. The van der Waals surface area contributed by atoms with Gasteiger partial charge in [0.05, 0.1) is 0 Å². The first-order valence-electron chi connectivity index (χ1n) is 6.37. The van der Waals surface area contributed by atoms with Gasteiger partial charge < -0.3 is 4.90 Å². The van der Waals surface area contributed by atoms with Gasteiger partial charge in [0.15, 0.2) is 0 Å². The van der Waals surface area contributed by atoms with Crippen LogP contribution in [0.15, 0.2) is 18.2 Å². The molecule has 0 spiro atoms. The molecule has 0 saturated heterocycles. The number of rotatable bonds is 2. The van der Waals surface area contributed by atoms with Crippen LogP contribution in [-0.2, 0) is 6.54 Å². The lowest BCUT2D eigenvalue weighted by atomic mass is 10.1. The Morgan fingerprint density at radius 2 is 2.22 bits per heavy atom. The first-order valence-corrected chi connectivity index (χ1v) is 7.66. The van der Waals surface area contributed by atoms with E-state index in [9.17, 15) is 4.39 Å². The first-order chi connectivity index (χ1) is 8.70. The van der Waals surface area contributed by atoms with Crippen LogP contribution >= 0.6 is 11.8 Å². The molecule has 1 aliphatic carbocycles. The maximum Gasteiger partial charge on any atom is 0.129 e. The number of benzene rings is 1. The predicted molar refractivity (Wildman–Crippen MR) is 73.7 cm³/mol. The highest BCUT2D eigenvalue weighted by atomic mass is 32.2. The van der Waals surface area contributed by atoms with Crippen LogP contribution < -0.4 is 0 Å². The summed E-state index contributed by atoms with van der Waals surface area (Å²) < 4.78 is 13.3. The molecule has 2 unspecified atom stereocenters. The number of hydrogen-bond acceptors (Lipinski definition) is 2. The van der Waals surface area contributed by atoms with E-state index < -0.39 is 0 Å². The molecule has 2 atom stereocenters. The van der Waals surface area contributed by atoms with Crippen LogP contribution in [0.5, 0.6) is 0 Å². The lowest BCUT2D eigenvalue weighted by Gasteiger charge is -2.30. The summed E-state index contributed by atoms with van der Waals surface area (Å²) in [6.45, 7) is 0.774. The largest absolute Gasteiger partial charge is 0.348 e. The Bertz CT molecular complexity index is 489. The Morgan fingerprint density at radius 3 is 3.00 bits per heavy atom. The van der Waals surface area contributed by atoms with Crippen LogP contribution in [0.2, 0.25) is 0 Å². The number of nitrogens with one attached hydrogen (secondary N) is 1. The van der Waals surface area contributed by atoms with Crippen LogP contribution in [-0.4, -0.2) is 28.3 Å². The van der Waals surface area contributed by atoms with E-state index >= 15 is 0 Å². The summed E-state index contributed by atoms with van der Waals surface area (Å²) in [5.41, 5.74) is 1.87. The Balaban J connectivity index is 1.88. The first kappa shape index (κ1) is 12.0. The van der Waals surface area contributed by atoms with E-state index in [1.54, 1.807) is 0 Å². The monoisotopic (exact) mass is 264 g/mol. The smallest absolute Gasteiger partial charge is 0.129 e. The van der Waals surface area contributed by atoms with Gasteiger partial charge >= 0.3 is 0 Å². The molecule has 96 valence electrons. The quantitative estimate of drug-likeness (QED) is 0.887. The molecule has 1 heterocycles. The molecule has 0 bridgehead atoms. The average Bonchev–Trinajstić information content (AvgIpc) is 2.94. The maximum atomic E-state index is 13.3. The molecule has 2 aliphatic rings. The van der Waals surface area contributed by atoms with Crippen LogP contribution in [0.25, 0.3) is 0 Å². The van der Waals surface area contributed by atoms with Crippen molar-refractivity contribution in [2.45, 2.75) is 37.1 Å². The zero-order chi connectivity index (χ0) is 12.7. The van der Waals surface area contributed by atoms with Crippen molar-refractivity contribution in [1.82, 2.24) is 4.90 Å². The Morgan fingerprint density at radius 1 is 1.39 bits per heavy atom. The lowest BCUT2D eigenvalue weighted by Crippen LogP contribution is -2.39. The summed E-state index contributed by atoms with van der Waals surface area (Å²) >= 11 is 1.90. The molecule has 2 nitrogen and oxygen atoms in total. The zero-order valence-electron chi connectivity index (χ0n) is 10.4. The predicted octanol–water partition coefficient (Wildman–Crippen LogP) is 3.25. The van der Waals surface area contributed by atoms with Gasteiger partial charge in [-0.05, 0) is 36.8 Å². The van der Waals surface area contributed by atoms with Crippen molar-refractivity contribution >= 4 is 17.6 Å². The second kappa shape index (κ2) is 4.57. The number of thioether (sulfide) groups is 1. The second-order valence-electron chi connectivity index (χ2n) is 5.05. The molecule has 3 rings (SSSR count). The Kier molecular flexibility index (Phi) is 3.06. The fraction of sp³-hybridized carbons (Fsp3) is 0.500. The Hall–Kier alpha value is -1.03. The third-order valence-electron chi connectivity index (χ3n) is 4.08. The topological polar surface area (TPSA) is 27.1 Å². The highest BCUT2D eigenvalue weighted by molar-refractivity contribution is 7.99. The van der Waals surface area contributed by atoms with E-state index in [2.05, 4.69) is 11.2 Å². The SMILES string of the molecule is CSC1CCCC1N1Cc2ccc(F)cc2C1=N. The van der Waals surface area contributed by atoms with Gasteiger partial charge in [-0.25, -0.2) is 4.39 Å². The summed E-state index contributed by atoms with van der Waals surface area (Å²) in [5.74, 6) is 0.267. The van der Waals surface area contributed by atoms with Gasteiger partial charge in [-0.3, -0.25) is 5.41 Å². The molecule has 4 heteroatoms. The number of nitrogens with zero attached hydrogens (tertiary/aromatic N) is 1. The van der Waals surface area contributed by atoms with Crippen molar-refractivity contribution in [2.75, 3.05) is 6.26 Å².